The molecule has 5 nitrogen and oxygen atoms in total. The Hall–Kier alpha value is -3.31. The molecule has 0 aromatic heterocycles. The summed E-state index contributed by atoms with van der Waals surface area (Å²) in [6, 6.07) is 14.8. The maximum Gasteiger partial charge on any atom is 0.187 e. The summed E-state index contributed by atoms with van der Waals surface area (Å²) in [5.74, 6) is 1.19. The van der Waals surface area contributed by atoms with Crippen LogP contribution in [-0.4, -0.2) is 38.3 Å². The number of ketones is 1. The van der Waals surface area contributed by atoms with Crippen molar-refractivity contribution in [3.63, 3.8) is 0 Å². The van der Waals surface area contributed by atoms with Crippen LogP contribution in [-0.2, 0) is 9.53 Å². The zero-order chi connectivity index (χ0) is 19.9. The Morgan fingerprint density at radius 2 is 1.50 bits per heavy atom. The van der Waals surface area contributed by atoms with Crippen molar-refractivity contribution in [3.8, 4) is 11.5 Å². The van der Waals surface area contributed by atoms with Gasteiger partial charge in [0.1, 0.15) is 17.3 Å². The van der Waals surface area contributed by atoms with Crippen LogP contribution in [0.1, 0.15) is 11.1 Å². The third-order valence-corrected chi connectivity index (χ3v) is 4.39. The zero-order valence-electron chi connectivity index (χ0n) is 15.8. The van der Waals surface area contributed by atoms with E-state index in [1.807, 2.05) is 48.5 Å². The highest BCUT2D eigenvalue weighted by molar-refractivity contribution is 6.07. The molecule has 0 saturated carbocycles. The summed E-state index contributed by atoms with van der Waals surface area (Å²) in [6.45, 7) is 0.328. The van der Waals surface area contributed by atoms with Gasteiger partial charge in [-0.25, -0.2) is 0 Å². The molecule has 0 unspecified atom stereocenters. The number of rotatable bonds is 6. The molecule has 0 radical (unpaired) electrons. The first kappa shape index (κ1) is 19.5. The molecule has 2 aromatic carbocycles. The third-order valence-electron chi connectivity index (χ3n) is 4.39. The first-order valence-corrected chi connectivity index (χ1v) is 8.82. The van der Waals surface area contributed by atoms with Crippen LogP contribution in [0.3, 0.4) is 0 Å². The fraction of sp³-hybridized carbons (Fsp3) is 0.174. The van der Waals surface area contributed by atoms with Crippen molar-refractivity contribution in [2.24, 2.45) is 0 Å². The summed E-state index contributed by atoms with van der Waals surface area (Å²) in [7, 11) is 3.21. The van der Waals surface area contributed by atoms with Gasteiger partial charge in [-0.05, 0) is 47.5 Å². The fourth-order valence-corrected chi connectivity index (χ4v) is 2.78. The molecule has 1 N–H and O–H groups in total. The number of hydrogen-bond acceptors (Lipinski definition) is 5. The van der Waals surface area contributed by atoms with E-state index in [0.717, 1.165) is 22.6 Å². The maximum absolute atomic E-state index is 12.5. The molecule has 144 valence electrons. The second kappa shape index (κ2) is 9.06. The lowest BCUT2D eigenvalue weighted by Crippen LogP contribution is -2.19. The summed E-state index contributed by atoms with van der Waals surface area (Å²) in [6.07, 6.45) is 4.94. The van der Waals surface area contributed by atoms with Gasteiger partial charge in [0.15, 0.2) is 5.78 Å². The minimum absolute atomic E-state index is 0.0218. The van der Waals surface area contributed by atoms with Gasteiger partial charge >= 0.3 is 0 Å². The van der Waals surface area contributed by atoms with Crippen molar-refractivity contribution < 1.29 is 24.1 Å². The van der Waals surface area contributed by atoms with Crippen LogP contribution in [0.25, 0.3) is 12.2 Å². The van der Waals surface area contributed by atoms with E-state index in [9.17, 15) is 9.90 Å². The summed E-state index contributed by atoms with van der Waals surface area (Å²) >= 11 is 0. The number of carbonyl (C=O) groups is 1. The molecule has 0 bridgehead atoms. The molecule has 0 spiro atoms. The van der Waals surface area contributed by atoms with E-state index >= 15 is 0 Å². The van der Waals surface area contributed by atoms with Crippen LogP contribution in [0.2, 0.25) is 0 Å². The fourth-order valence-electron chi connectivity index (χ4n) is 2.78. The van der Waals surface area contributed by atoms with Crippen molar-refractivity contribution in [1.29, 1.82) is 0 Å². The van der Waals surface area contributed by atoms with Gasteiger partial charge in [-0.1, -0.05) is 30.3 Å². The average Bonchev–Trinajstić information content (AvgIpc) is 2.74. The molecule has 5 heteroatoms. The average molecular weight is 378 g/mol. The summed E-state index contributed by atoms with van der Waals surface area (Å²) < 4.78 is 15.8. The van der Waals surface area contributed by atoms with Gasteiger partial charge in [0, 0.05) is 5.57 Å². The smallest absolute Gasteiger partial charge is 0.187 e. The molecule has 0 amide bonds. The Labute approximate surface area is 164 Å². The maximum atomic E-state index is 12.5. The SMILES string of the molecule is COc1ccc(/C=C/C(=O)C2=C(O)/C(=C/c3ccc(OC)cc3)COC2)cc1. The zero-order valence-corrected chi connectivity index (χ0v) is 15.8. The van der Waals surface area contributed by atoms with Crippen molar-refractivity contribution in [1.82, 2.24) is 0 Å². The topological polar surface area (TPSA) is 65.0 Å². The molecule has 1 aliphatic rings. The van der Waals surface area contributed by atoms with Crippen LogP contribution in [0.4, 0.5) is 0 Å². The molecular formula is C23H22O5. The largest absolute Gasteiger partial charge is 0.507 e. The molecule has 28 heavy (non-hydrogen) atoms. The van der Waals surface area contributed by atoms with Gasteiger partial charge in [0.05, 0.1) is 33.0 Å². The first-order valence-electron chi connectivity index (χ1n) is 8.82. The number of allylic oxidation sites excluding steroid dienone is 1. The Morgan fingerprint density at radius 3 is 2.07 bits per heavy atom. The summed E-state index contributed by atoms with van der Waals surface area (Å²) in [5.41, 5.74) is 2.56. The van der Waals surface area contributed by atoms with Gasteiger partial charge in [-0.3, -0.25) is 4.79 Å². The normalized spacial score (nSPS) is 15.9. The van der Waals surface area contributed by atoms with Crippen LogP contribution in [0.5, 0.6) is 11.5 Å². The molecule has 3 rings (SSSR count). The number of carbonyl (C=O) groups excluding carboxylic acids is 1. The Balaban J connectivity index is 1.78. The van der Waals surface area contributed by atoms with Gasteiger partial charge < -0.3 is 19.3 Å². The highest BCUT2D eigenvalue weighted by Crippen LogP contribution is 2.24. The number of benzene rings is 2. The Morgan fingerprint density at radius 1 is 0.929 bits per heavy atom. The quantitative estimate of drug-likeness (QED) is 0.763. The molecule has 0 fully saturated rings. The molecule has 0 atom stereocenters. The van der Waals surface area contributed by atoms with E-state index in [0.29, 0.717) is 5.57 Å². The third kappa shape index (κ3) is 4.69. The van der Waals surface area contributed by atoms with Gasteiger partial charge in [-0.2, -0.15) is 0 Å². The number of aliphatic hydroxyl groups excluding tert-OH is 1. The molecule has 2 aromatic rings. The molecule has 1 aliphatic heterocycles. The van der Waals surface area contributed by atoms with Gasteiger partial charge in [-0.15, -0.1) is 0 Å². The van der Waals surface area contributed by atoms with E-state index in [2.05, 4.69) is 0 Å². The predicted octanol–water partition coefficient (Wildman–Crippen LogP) is 4.21. The van der Waals surface area contributed by atoms with E-state index in [1.54, 1.807) is 26.4 Å². The molecule has 0 saturated heterocycles. The predicted molar refractivity (Wildman–Crippen MR) is 108 cm³/mol. The van der Waals surface area contributed by atoms with E-state index < -0.39 is 0 Å². The van der Waals surface area contributed by atoms with Crippen molar-refractivity contribution in [3.05, 3.63) is 82.6 Å². The summed E-state index contributed by atoms with van der Waals surface area (Å²) in [4.78, 5) is 12.5. The standard InChI is InChI=1S/C23H22O5/c1-26-19-8-3-16(4-9-19)7-12-22(24)21-15-28-14-18(23(21)25)13-17-5-10-20(27-2)11-6-17/h3-13,25H,14-15H2,1-2H3/b12-7+,18-13+. The monoisotopic (exact) mass is 378 g/mol. The van der Waals surface area contributed by atoms with Crippen molar-refractivity contribution >= 4 is 17.9 Å². The summed E-state index contributed by atoms with van der Waals surface area (Å²) in [5, 5.41) is 10.6. The number of methoxy groups -OCH3 is 2. The molecule has 0 aliphatic carbocycles. The molecular weight excluding hydrogens is 356 g/mol. The second-order valence-corrected chi connectivity index (χ2v) is 6.23. The van der Waals surface area contributed by atoms with Gasteiger partial charge in [0.25, 0.3) is 0 Å². The van der Waals surface area contributed by atoms with Crippen LogP contribution < -0.4 is 9.47 Å². The van der Waals surface area contributed by atoms with Crippen LogP contribution >= 0.6 is 0 Å². The molecule has 1 heterocycles. The van der Waals surface area contributed by atoms with Crippen molar-refractivity contribution in [2.45, 2.75) is 0 Å². The van der Waals surface area contributed by atoms with Crippen LogP contribution in [0, 0.1) is 0 Å². The van der Waals surface area contributed by atoms with Crippen LogP contribution in [0.15, 0.2) is 71.5 Å². The first-order chi connectivity index (χ1) is 13.6. The van der Waals surface area contributed by atoms with E-state index in [4.69, 9.17) is 14.2 Å². The number of ether oxygens (including phenoxy) is 3. The number of aliphatic hydroxyl groups is 1. The van der Waals surface area contributed by atoms with E-state index in [1.165, 1.54) is 6.08 Å². The lowest BCUT2D eigenvalue weighted by Gasteiger charge is -2.18. The lowest BCUT2D eigenvalue weighted by atomic mass is 10.0. The number of hydrogen-bond donors (Lipinski definition) is 1. The van der Waals surface area contributed by atoms with E-state index in [-0.39, 0.29) is 30.3 Å². The van der Waals surface area contributed by atoms with Crippen molar-refractivity contribution in [2.75, 3.05) is 27.4 Å². The minimum Gasteiger partial charge on any atom is -0.507 e. The highest BCUT2D eigenvalue weighted by Gasteiger charge is 2.21. The lowest BCUT2D eigenvalue weighted by molar-refractivity contribution is -0.112. The highest BCUT2D eigenvalue weighted by atomic mass is 16.5. The second-order valence-electron chi connectivity index (χ2n) is 6.23. The Kier molecular flexibility index (Phi) is 6.29. The Bertz CT molecular complexity index is 918. The minimum atomic E-state index is -0.284. The van der Waals surface area contributed by atoms with Gasteiger partial charge in [0.2, 0.25) is 0 Å².